The van der Waals surface area contributed by atoms with Crippen molar-refractivity contribution in [1.29, 1.82) is 0 Å². The Morgan fingerprint density at radius 3 is 2.57 bits per heavy atom. The molecular formula is C17H20F2N2. The van der Waals surface area contributed by atoms with Crippen LogP contribution < -0.4 is 5.73 Å². The average molecular weight is 290 g/mol. The van der Waals surface area contributed by atoms with Gasteiger partial charge in [0, 0.05) is 24.7 Å². The number of nitrogens with two attached hydrogens (primary N) is 1. The number of aryl methyl sites for hydroxylation is 1. The first-order chi connectivity index (χ1) is 10.0. The number of benzene rings is 2. The standard InChI is InChI=1S/C17H20F2N2/c1-12-6-7-16(19)15(8-12)17(10-20)21(2)11-13-4-3-5-14(18)9-13/h3-9,17H,10-11,20H2,1-2H3. The second kappa shape index (κ2) is 6.78. The molecule has 2 nitrogen and oxygen atoms in total. The fourth-order valence-electron chi connectivity index (χ4n) is 2.50. The van der Waals surface area contributed by atoms with Crippen LogP contribution in [0.15, 0.2) is 42.5 Å². The normalized spacial score (nSPS) is 12.7. The zero-order valence-corrected chi connectivity index (χ0v) is 12.3. The van der Waals surface area contributed by atoms with E-state index in [2.05, 4.69) is 0 Å². The maximum Gasteiger partial charge on any atom is 0.128 e. The molecule has 21 heavy (non-hydrogen) atoms. The highest BCUT2D eigenvalue weighted by Gasteiger charge is 2.19. The van der Waals surface area contributed by atoms with Gasteiger partial charge in [-0.15, -0.1) is 0 Å². The van der Waals surface area contributed by atoms with Gasteiger partial charge in [-0.2, -0.15) is 0 Å². The first kappa shape index (κ1) is 15.6. The molecule has 0 aromatic heterocycles. The maximum absolute atomic E-state index is 14.0. The maximum atomic E-state index is 14.0. The highest BCUT2D eigenvalue weighted by atomic mass is 19.1. The molecule has 0 saturated carbocycles. The summed E-state index contributed by atoms with van der Waals surface area (Å²) in [5.74, 6) is -0.533. The Labute approximate surface area is 124 Å². The summed E-state index contributed by atoms with van der Waals surface area (Å²) in [5, 5.41) is 0. The molecule has 0 saturated heterocycles. The largest absolute Gasteiger partial charge is 0.329 e. The van der Waals surface area contributed by atoms with Crippen LogP contribution in [0.2, 0.25) is 0 Å². The number of hydrogen-bond donors (Lipinski definition) is 1. The molecule has 0 heterocycles. The molecule has 1 unspecified atom stereocenters. The van der Waals surface area contributed by atoms with E-state index < -0.39 is 0 Å². The topological polar surface area (TPSA) is 29.3 Å². The highest BCUT2D eigenvalue weighted by molar-refractivity contribution is 5.27. The summed E-state index contributed by atoms with van der Waals surface area (Å²) in [6.07, 6.45) is 0. The smallest absolute Gasteiger partial charge is 0.128 e. The monoisotopic (exact) mass is 290 g/mol. The Morgan fingerprint density at radius 1 is 1.14 bits per heavy atom. The molecule has 0 amide bonds. The molecule has 2 aromatic carbocycles. The van der Waals surface area contributed by atoms with E-state index in [9.17, 15) is 8.78 Å². The summed E-state index contributed by atoms with van der Waals surface area (Å²) >= 11 is 0. The molecule has 2 rings (SSSR count). The van der Waals surface area contributed by atoms with Gasteiger partial charge in [0.1, 0.15) is 11.6 Å². The van der Waals surface area contributed by atoms with E-state index in [1.165, 1.54) is 18.2 Å². The Morgan fingerprint density at radius 2 is 1.90 bits per heavy atom. The Hall–Kier alpha value is -1.78. The van der Waals surface area contributed by atoms with Gasteiger partial charge in [0.05, 0.1) is 0 Å². The molecule has 2 aromatic rings. The lowest BCUT2D eigenvalue weighted by atomic mass is 10.0. The minimum atomic E-state index is -0.271. The number of hydrogen-bond acceptors (Lipinski definition) is 2. The van der Waals surface area contributed by atoms with Crippen LogP contribution in [0.5, 0.6) is 0 Å². The first-order valence-electron chi connectivity index (χ1n) is 6.92. The summed E-state index contributed by atoms with van der Waals surface area (Å²) in [5.41, 5.74) is 8.23. The Bertz CT molecular complexity index is 613. The molecule has 1 atom stereocenters. The minimum Gasteiger partial charge on any atom is -0.329 e. The first-order valence-corrected chi connectivity index (χ1v) is 6.92. The van der Waals surface area contributed by atoms with E-state index >= 15 is 0 Å². The van der Waals surface area contributed by atoms with Gasteiger partial charge in [0.15, 0.2) is 0 Å². The van der Waals surface area contributed by atoms with Gasteiger partial charge in [-0.3, -0.25) is 4.90 Å². The molecule has 0 radical (unpaired) electrons. The third kappa shape index (κ3) is 3.86. The van der Waals surface area contributed by atoms with Gasteiger partial charge in [0.25, 0.3) is 0 Å². The predicted octanol–water partition coefficient (Wildman–Crippen LogP) is 3.41. The van der Waals surface area contributed by atoms with Gasteiger partial charge in [-0.1, -0.05) is 29.8 Å². The summed E-state index contributed by atoms with van der Waals surface area (Å²) in [7, 11) is 1.87. The van der Waals surface area contributed by atoms with E-state index in [0.717, 1.165) is 11.1 Å². The van der Waals surface area contributed by atoms with Crippen molar-refractivity contribution in [1.82, 2.24) is 4.90 Å². The van der Waals surface area contributed by atoms with Crippen molar-refractivity contribution in [3.63, 3.8) is 0 Å². The van der Waals surface area contributed by atoms with Crippen molar-refractivity contribution < 1.29 is 8.78 Å². The van der Waals surface area contributed by atoms with Gasteiger partial charge >= 0.3 is 0 Å². The molecule has 2 N–H and O–H groups in total. The number of halogens is 2. The van der Waals surface area contributed by atoms with Crippen LogP contribution >= 0.6 is 0 Å². The highest BCUT2D eigenvalue weighted by Crippen LogP contribution is 2.24. The van der Waals surface area contributed by atoms with Crippen LogP contribution in [0.3, 0.4) is 0 Å². The third-order valence-electron chi connectivity index (χ3n) is 3.59. The van der Waals surface area contributed by atoms with Gasteiger partial charge < -0.3 is 5.73 Å². The number of likely N-dealkylation sites (N-methyl/N-ethyl adjacent to an activating group) is 1. The van der Waals surface area contributed by atoms with Gasteiger partial charge in [-0.05, 0) is 37.7 Å². The predicted molar refractivity (Wildman–Crippen MR) is 80.8 cm³/mol. The van der Waals surface area contributed by atoms with Crippen LogP contribution in [-0.4, -0.2) is 18.5 Å². The zero-order valence-electron chi connectivity index (χ0n) is 12.3. The van der Waals surface area contributed by atoms with E-state index in [1.54, 1.807) is 12.1 Å². The fraction of sp³-hybridized carbons (Fsp3) is 0.294. The summed E-state index contributed by atoms with van der Waals surface area (Å²) in [6.45, 7) is 2.72. The lowest BCUT2D eigenvalue weighted by Crippen LogP contribution is -2.31. The molecule has 112 valence electrons. The van der Waals surface area contributed by atoms with Crippen LogP contribution in [0, 0.1) is 18.6 Å². The van der Waals surface area contributed by atoms with E-state index in [0.29, 0.717) is 18.7 Å². The molecule has 4 heteroatoms. The van der Waals surface area contributed by atoms with Crippen molar-refractivity contribution in [2.24, 2.45) is 5.73 Å². The van der Waals surface area contributed by atoms with Crippen molar-refractivity contribution in [3.8, 4) is 0 Å². The van der Waals surface area contributed by atoms with Crippen molar-refractivity contribution in [2.45, 2.75) is 19.5 Å². The summed E-state index contributed by atoms with van der Waals surface area (Å²) in [4.78, 5) is 1.94. The number of nitrogens with zero attached hydrogens (tertiary/aromatic N) is 1. The number of rotatable bonds is 5. The van der Waals surface area contributed by atoms with E-state index in [-0.39, 0.29) is 17.7 Å². The molecule has 0 bridgehead atoms. The van der Waals surface area contributed by atoms with Crippen molar-refractivity contribution in [3.05, 3.63) is 70.8 Å². The van der Waals surface area contributed by atoms with E-state index in [4.69, 9.17) is 5.73 Å². The van der Waals surface area contributed by atoms with Crippen LogP contribution in [0.1, 0.15) is 22.7 Å². The lowest BCUT2D eigenvalue weighted by molar-refractivity contribution is 0.236. The van der Waals surface area contributed by atoms with E-state index in [1.807, 2.05) is 31.0 Å². The second-order valence-electron chi connectivity index (χ2n) is 5.32. The minimum absolute atomic E-state index is 0.242. The molecular weight excluding hydrogens is 270 g/mol. The quantitative estimate of drug-likeness (QED) is 0.914. The Kier molecular flexibility index (Phi) is 5.04. The van der Waals surface area contributed by atoms with Crippen LogP contribution in [0.25, 0.3) is 0 Å². The fourth-order valence-corrected chi connectivity index (χ4v) is 2.50. The third-order valence-corrected chi connectivity index (χ3v) is 3.59. The average Bonchev–Trinajstić information content (AvgIpc) is 2.43. The summed E-state index contributed by atoms with van der Waals surface area (Å²) in [6, 6.07) is 11.2. The van der Waals surface area contributed by atoms with Crippen LogP contribution in [-0.2, 0) is 6.54 Å². The SMILES string of the molecule is Cc1ccc(F)c(C(CN)N(C)Cc2cccc(F)c2)c1. The molecule has 0 aliphatic carbocycles. The van der Waals surface area contributed by atoms with Gasteiger partial charge in [-0.25, -0.2) is 8.78 Å². The lowest BCUT2D eigenvalue weighted by Gasteiger charge is -2.28. The Balaban J connectivity index is 2.22. The molecule has 0 aliphatic heterocycles. The van der Waals surface area contributed by atoms with Crippen molar-refractivity contribution >= 4 is 0 Å². The van der Waals surface area contributed by atoms with Gasteiger partial charge in [0.2, 0.25) is 0 Å². The van der Waals surface area contributed by atoms with Crippen LogP contribution in [0.4, 0.5) is 8.78 Å². The second-order valence-corrected chi connectivity index (χ2v) is 5.32. The van der Waals surface area contributed by atoms with Crippen molar-refractivity contribution in [2.75, 3.05) is 13.6 Å². The summed E-state index contributed by atoms with van der Waals surface area (Å²) < 4.78 is 27.3. The molecule has 0 aliphatic rings. The molecule has 0 spiro atoms. The zero-order chi connectivity index (χ0) is 15.4. The molecule has 0 fully saturated rings.